The van der Waals surface area contributed by atoms with Crippen molar-refractivity contribution in [1.82, 2.24) is 15.6 Å². The maximum Gasteiger partial charge on any atom is 0.191 e. The summed E-state index contributed by atoms with van der Waals surface area (Å²) in [6, 6.07) is 6.32. The fourth-order valence-corrected chi connectivity index (χ4v) is 3.13. The Hall–Kier alpha value is -1.35. The summed E-state index contributed by atoms with van der Waals surface area (Å²) in [6.07, 6.45) is 2.16. The SMILES string of the molecule is CCc1nc(CNC(=NC)NCc2ccc(C)cc2OC(C)CC)cs1.I. The highest BCUT2D eigenvalue weighted by atomic mass is 127. The number of aromatic nitrogens is 1. The van der Waals surface area contributed by atoms with Crippen LogP contribution in [0.3, 0.4) is 0 Å². The Morgan fingerprint density at radius 1 is 1.26 bits per heavy atom. The molecule has 0 fully saturated rings. The van der Waals surface area contributed by atoms with Crippen LogP contribution in [0, 0.1) is 6.92 Å². The summed E-state index contributed by atoms with van der Waals surface area (Å²) in [5.41, 5.74) is 3.37. The van der Waals surface area contributed by atoms with E-state index in [1.807, 2.05) is 0 Å². The van der Waals surface area contributed by atoms with Gasteiger partial charge in [-0.25, -0.2) is 4.98 Å². The Kier molecular flexibility index (Phi) is 10.7. The van der Waals surface area contributed by atoms with E-state index in [9.17, 15) is 0 Å². The van der Waals surface area contributed by atoms with Crippen molar-refractivity contribution in [1.29, 1.82) is 0 Å². The lowest BCUT2D eigenvalue weighted by molar-refractivity contribution is 0.215. The molecule has 0 aliphatic rings. The molecule has 7 heteroatoms. The maximum absolute atomic E-state index is 6.08. The molecule has 0 aliphatic heterocycles. The molecule has 1 aromatic heterocycles. The summed E-state index contributed by atoms with van der Waals surface area (Å²) in [4.78, 5) is 8.87. The van der Waals surface area contributed by atoms with Crippen molar-refractivity contribution < 1.29 is 4.74 Å². The van der Waals surface area contributed by atoms with Crippen molar-refractivity contribution in [2.75, 3.05) is 7.05 Å². The number of benzene rings is 1. The van der Waals surface area contributed by atoms with Crippen molar-refractivity contribution in [3.8, 4) is 5.75 Å². The molecule has 1 heterocycles. The first-order chi connectivity index (χ1) is 12.5. The number of hydrogen-bond acceptors (Lipinski definition) is 4. The standard InChI is InChI=1S/C20H30N4OS.HI/c1-6-15(4)25-18-10-14(3)8-9-16(18)11-22-20(21-5)23-12-17-13-26-19(7-2)24-17;/h8-10,13,15H,6-7,11-12H2,1-5H3,(H2,21,22,23);1H. The molecule has 150 valence electrons. The van der Waals surface area contributed by atoms with E-state index in [-0.39, 0.29) is 30.1 Å². The first-order valence-corrected chi connectivity index (χ1v) is 10.1. The summed E-state index contributed by atoms with van der Waals surface area (Å²) < 4.78 is 6.08. The summed E-state index contributed by atoms with van der Waals surface area (Å²) in [5.74, 6) is 1.69. The smallest absolute Gasteiger partial charge is 0.191 e. The Balaban J connectivity index is 0.00000364. The first-order valence-electron chi connectivity index (χ1n) is 9.19. The van der Waals surface area contributed by atoms with Crippen LogP contribution in [-0.2, 0) is 19.5 Å². The highest BCUT2D eigenvalue weighted by molar-refractivity contribution is 14.0. The second-order valence-corrected chi connectivity index (χ2v) is 7.26. The number of nitrogens with one attached hydrogen (secondary N) is 2. The molecule has 0 amide bonds. The summed E-state index contributed by atoms with van der Waals surface area (Å²) in [7, 11) is 1.78. The minimum Gasteiger partial charge on any atom is -0.490 e. The molecule has 2 N–H and O–H groups in total. The van der Waals surface area contributed by atoms with Crippen molar-refractivity contribution in [3.05, 3.63) is 45.4 Å². The number of guanidine groups is 1. The van der Waals surface area contributed by atoms with E-state index in [1.54, 1.807) is 18.4 Å². The van der Waals surface area contributed by atoms with Crippen molar-refractivity contribution in [3.63, 3.8) is 0 Å². The molecular weight excluding hydrogens is 471 g/mol. The van der Waals surface area contributed by atoms with Gasteiger partial charge in [-0.1, -0.05) is 26.0 Å². The second-order valence-electron chi connectivity index (χ2n) is 6.31. The fraction of sp³-hybridized carbons (Fsp3) is 0.500. The van der Waals surface area contributed by atoms with E-state index in [1.165, 1.54) is 5.56 Å². The summed E-state index contributed by atoms with van der Waals surface area (Å²) in [6.45, 7) is 9.76. The number of ether oxygens (including phenoxy) is 1. The van der Waals surface area contributed by atoms with Gasteiger partial charge in [0.15, 0.2) is 5.96 Å². The molecule has 0 aliphatic carbocycles. The molecule has 5 nitrogen and oxygen atoms in total. The number of nitrogens with zero attached hydrogens (tertiary/aromatic N) is 2. The average molecular weight is 502 g/mol. The predicted octanol–water partition coefficient (Wildman–Crippen LogP) is 4.67. The Labute approximate surface area is 184 Å². The van der Waals surface area contributed by atoms with Gasteiger partial charge in [0.05, 0.1) is 23.4 Å². The first kappa shape index (κ1) is 23.7. The van der Waals surface area contributed by atoms with Gasteiger partial charge in [-0.15, -0.1) is 35.3 Å². The van der Waals surface area contributed by atoms with Crippen LogP contribution in [0.25, 0.3) is 0 Å². The van der Waals surface area contributed by atoms with Crippen molar-refractivity contribution >= 4 is 41.3 Å². The zero-order chi connectivity index (χ0) is 18.9. The lowest BCUT2D eigenvalue weighted by Gasteiger charge is -2.18. The number of halogens is 1. The lowest BCUT2D eigenvalue weighted by atomic mass is 10.1. The highest BCUT2D eigenvalue weighted by Crippen LogP contribution is 2.22. The summed E-state index contributed by atoms with van der Waals surface area (Å²) in [5, 5.41) is 9.94. The molecule has 0 bridgehead atoms. The van der Waals surface area contributed by atoms with Crippen LogP contribution >= 0.6 is 35.3 Å². The second kappa shape index (κ2) is 12.2. The molecular formula is C20H31IN4OS. The third-order valence-electron chi connectivity index (χ3n) is 4.13. The van der Waals surface area contributed by atoms with E-state index in [0.717, 1.165) is 40.8 Å². The van der Waals surface area contributed by atoms with Gasteiger partial charge in [0.2, 0.25) is 0 Å². The number of aryl methyl sites for hydroxylation is 2. The molecule has 0 saturated carbocycles. The highest BCUT2D eigenvalue weighted by Gasteiger charge is 2.09. The van der Waals surface area contributed by atoms with Crippen LogP contribution < -0.4 is 15.4 Å². The largest absolute Gasteiger partial charge is 0.490 e. The number of aliphatic imine (C=N–C) groups is 1. The zero-order valence-corrected chi connectivity index (χ0v) is 20.0. The topological polar surface area (TPSA) is 58.5 Å². The Morgan fingerprint density at radius 2 is 2.00 bits per heavy atom. The monoisotopic (exact) mass is 502 g/mol. The van der Waals surface area contributed by atoms with Crippen LogP contribution in [0.2, 0.25) is 0 Å². The predicted molar refractivity (Wildman–Crippen MR) is 126 cm³/mol. The molecule has 1 unspecified atom stereocenters. The van der Waals surface area contributed by atoms with Gasteiger partial charge in [0.1, 0.15) is 5.75 Å². The van der Waals surface area contributed by atoms with Gasteiger partial charge < -0.3 is 15.4 Å². The molecule has 27 heavy (non-hydrogen) atoms. The van der Waals surface area contributed by atoms with Gasteiger partial charge >= 0.3 is 0 Å². The van der Waals surface area contributed by atoms with Crippen LogP contribution in [0.15, 0.2) is 28.6 Å². The van der Waals surface area contributed by atoms with E-state index in [4.69, 9.17) is 4.74 Å². The van der Waals surface area contributed by atoms with E-state index < -0.39 is 0 Å². The zero-order valence-electron chi connectivity index (χ0n) is 16.8. The summed E-state index contributed by atoms with van der Waals surface area (Å²) >= 11 is 1.70. The van der Waals surface area contributed by atoms with Gasteiger partial charge in [-0.3, -0.25) is 4.99 Å². The quantitative estimate of drug-likeness (QED) is 0.313. The lowest BCUT2D eigenvalue weighted by Crippen LogP contribution is -2.36. The minimum atomic E-state index is 0. The molecule has 1 aromatic carbocycles. The molecule has 2 rings (SSSR count). The van der Waals surface area contributed by atoms with Gasteiger partial charge in [0.25, 0.3) is 0 Å². The normalized spacial score (nSPS) is 12.3. The number of rotatable bonds is 8. The molecule has 0 saturated heterocycles. The van der Waals surface area contributed by atoms with Crippen LogP contribution in [0.4, 0.5) is 0 Å². The van der Waals surface area contributed by atoms with Crippen molar-refractivity contribution in [2.45, 2.75) is 59.7 Å². The van der Waals surface area contributed by atoms with Gasteiger partial charge in [-0.05, 0) is 38.3 Å². The average Bonchev–Trinajstić information content (AvgIpc) is 3.11. The van der Waals surface area contributed by atoms with E-state index in [2.05, 4.69) is 71.9 Å². The third-order valence-corrected chi connectivity index (χ3v) is 5.18. The van der Waals surface area contributed by atoms with Crippen molar-refractivity contribution in [2.24, 2.45) is 4.99 Å². The fourth-order valence-electron chi connectivity index (χ4n) is 2.38. The maximum atomic E-state index is 6.08. The van der Waals surface area contributed by atoms with Crippen LogP contribution in [0.1, 0.15) is 49.0 Å². The van der Waals surface area contributed by atoms with Gasteiger partial charge in [-0.2, -0.15) is 0 Å². The van der Waals surface area contributed by atoms with E-state index >= 15 is 0 Å². The number of thiazole rings is 1. The third kappa shape index (κ3) is 7.65. The van der Waals surface area contributed by atoms with E-state index in [0.29, 0.717) is 13.1 Å². The number of hydrogen-bond donors (Lipinski definition) is 2. The van der Waals surface area contributed by atoms with Crippen LogP contribution in [0.5, 0.6) is 5.75 Å². The molecule has 2 aromatic rings. The minimum absolute atomic E-state index is 0. The van der Waals surface area contributed by atoms with Gasteiger partial charge in [0, 0.05) is 24.5 Å². The molecule has 0 radical (unpaired) electrons. The Bertz CT molecular complexity index is 733. The van der Waals surface area contributed by atoms with Crippen LogP contribution in [-0.4, -0.2) is 24.1 Å². The molecule has 1 atom stereocenters. The molecule has 0 spiro atoms. The Morgan fingerprint density at radius 3 is 2.63 bits per heavy atom.